The smallest absolute Gasteiger partial charge is 0.328 e. The molecule has 0 unspecified atom stereocenters. The van der Waals surface area contributed by atoms with Crippen molar-refractivity contribution in [2.45, 2.75) is 26.3 Å². The van der Waals surface area contributed by atoms with Crippen LogP contribution in [0.1, 0.15) is 30.6 Å². The second-order valence-corrected chi connectivity index (χ2v) is 4.23. The van der Waals surface area contributed by atoms with Crippen molar-refractivity contribution in [2.24, 2.45) is 5.92 Å². The molecule has 4 nitrogen and oxygen atoms in total. The lowest BCUT2D eigenvalue weighted by Gasteiger charge is -2.21. The van der Waals surface area contributed by atoms with Gasteiger partial charge in [-0.15, -0.1) is 0 Å². The van der Waals surface area contributed by atoms with Crippen molar-refractivity contribution in [1.29, 1.82) is 0 Å². The molecular weight excluding hydrogens is 230 g/mol. The Hall–Kier alpha value is -1.84. The van der Waals surface area contributed by atoms with E-state index in [0.717, 1.165) is 6.42 Å². The predicted octanol–water partition coefficient (Wildman–Crippen LogP) is 2.00. The molecule has 98 valence electrons. The van der Waals surface area contributed by atoms with Crippen LogP contribution in [0.5, 0.6) is 0 Å². The first-order valence-corrected chi connectivity index (χ1v) is 6.03. The van der Waals surface area contributed by atoms with E-state index in [4.69, 9.17) is 4.74 Å². The highest BCUT2D eigenvalue weighted by atomic mass is 16.5. The molecule has 0 aliphatic carbocycles. The summed E-state index contributed by atoms with van der Waals surface area (Å²) >= 11 is 0. The van der Waals surface area contributed by atoms with E-state index in [1.807, 2.05) is 19.9 Å². The molecule has 1 amide bonds. The Balaban J connectivity index is 2.78. The number of hydrogen-bond acceptors (Lipinski definition) is 3. The molecule has 0 saturated carbocycles. The maximum atomic E-state index is 12.0. The Morgan fingerprint density at radius 3 is 2.39 bits per heavy atom. The first kappa shape index (κ1) is 14.2. The molecule has 1 aromatic carbocycles. The summed E-state index contributed by atoms with van der Waals surface area (Å²) in [5.41, 5.74) is 0.537. The molecule has 0 aliphatic rings. The van der Waals surface area contributed by atoms with Gasteiger partial charge in [-0.25, -0.2) is 4.79 Å². The van der Waals surface area contributed by atoms with E-state index < -0.39 is 12.0 Å². The molecule has 0 saturated heterocycles. The fourth-order valence-electron chi connectivity index (χ4n) is 1.61. The molecule has 0 spiro atoms. The van der Waals surface area contributed by atoms with Gasteiger partial charge in [-0.2, -0.15) is 0 Å². The van der Waals surface area contributed by atoms with Gasteiger partial charge in [-0.3, -0.25) is 4.79 Å². The monoisotopic (exact) mass is 249 g/mol. The third kappa shape index (κ3) is 3.58. The molecule has 0 heterocycles. The van der Waals surface area contributed by atoms with Gasteiger partial charge in [0.05, 0.1) is 7.11 Å². The zero-order valence-electron chi connectivity index (χ0n) is 11.0. The van der Waals surface area contributed by atoms with Crippen molar-refractivity contribution in [3.63, 3.8) is 0 Å². The van der Waals surface area contributed by atoms with E-state index in [2.05, 4.69) is 5.32 Å². The molecular formula is C14H19NO3. The molecule has 1 N–H and O–H groups in total. The summed E-state index contributed by atoms with van der Waals surface area (Å²) in [6, 6.07) is 8.22. The van der Waals surface area contributed by atoms with Gasteiger partial charge in [0, 0.05) is 5.56 Å². The fourth-order valence-corrected chi connectivity index (χ4v) is 1.61. The number of benzene rings is 1. The predicted molar refractivity (Wildman–Crippen MR) is 69.2 cm³/mol. The highest BCUT2D eigenvalue weighted by molar-refractivity contribution is 5.96. The Labute approximate surface area is 107 Å². The summed E-state index contributed by atoms with van der Waals surface area (Å²) in [7, 11) is 1.33. The minimum absolute atomic E-state index is 0.0325. The zero-order chi connectivity index (χ0) is 13.5. The summed E-state index contributed by atoms with van der Waals surface area (Å²) in [6.45, 7) is 3.88. The van der Waals surface area contributed by atoms with Crippen LogP contribution in [0.3, 0.4) is 0 Å². The van der Waals surface area contributed by atoms with Crippen LogP contribution in [0, 0.1) is 5.92 Å². The number of amides is 1. The number of methoxy groups -OCH3 is 1. The van der Waals surface area contributed by atoms with Gasteiger partial charge in [0.15, 0.2) is 0 Å². The minimum Gasteiger partial charge on any atom is -0.467 e. The van der Waals surface area contributed by atoms with Crippen LogP contribution < -0.4 is 5.32 Å². The molecule has 0 aliphatic heterocycles. The third-order valence-corrected chi connectivity index (χ3v) is 2.99. The molecule has 0 fully saturated rings. The van der Waals surface area contributed by atoms with Crippen molar-refractivity contribution >= 4 is 11.9 Å². The standard InChI is InChI=1S/C14H19NO3/c1-4-10(2)12(14(17)18-3)15-13(16)11-8-6-5-7-9-11/h5-10,12H,4H2,1-3H3,(H,15,16)/t10-,12+/m0/s1. The van der Waals surface area contributed by atoms with E-state index in [1.165, 1.54) is 7.11 Å². The average molecular weight is 249 g/mol. The molecule has 2 atom stereocenters. The fraction of sp³-hybridized carbons (Fsp3) is 0.429. The topological polar surface area (TPSA) is 55.4 Å². The van der Waals surface area contributed by atoms with E-state index in [9.17, 15) is 9.59 Å². The number of hydrogen-bond donors (Lipinski definition) is 1. The number of nitrogens with one attached hydrogen (secondary N) is 1. The van der Waals surface area contributed by atoms with Crippen molar-refractivity contribution in [1.82, 2.24) is 5.32 Å². The number of rotatable bonds is 5. The van der Waals surface area contributed by atoms with Gasteiger partial charge in [-0.1, -0.05) is 38.5 Å². The molecule has 0 bridgehead atoms. The lowest BCUT2D eigenvalue weighted by molar-refractivity contribution is -0.144. The van der Waals surface area contributed by atoms with Crippen molar-refractivity contribution < 1.29 is 14.3 Å². The normalized spacial score (nSPS) is 13.5. The van der Waals surface area contributed by atoms with Gasteiger partial charge in [0.1, 0.15) is 6.04 Å². The van der Waals surface area contributed by atoms with E-state index in [1.54, 1.807) is 24.3 Å². The molecule has 0 aromatic heterocycles. The molecule has 4 heteroatoms. The lowest BCUT2D eigenvalue weighted by Crippen LogP contribution is -2.45. The van der Waals surface area contributed by atoms with Gasteiger partial charge < -0.3 is 10.1 Å². The summed E-state index contributed by atoms with van der Waals surface area (Å²) in [5.74, 6) is -0.634. The second kappa shape index (κ2) is 6.79. The van der Waals surface area contributed by atoms with E-state index in [-0.39, 0.29) is 11.8 Å². The summed E-state index contributed by atoms with van der Waals surface area (Å²) in [5, 5.41) is 2.72. The third-order valence-electron chi connectivity index (χ3n) is 2.99. The van der Waals surface area contributed by atoms with Gasteiger partial charge in [0.25, 0.3) is 5.91 Å². The highest BCUT2D eigenvalue weighted by Gasteiger charge is 2.26. The summed E-state index contributed by atoms with van der Waals surface area (Å²) < 4.78 is 4.72. The maximum Gasteiger partial charge on any atom is 0.328 e. The first-order chi connectivity index (χ1) is 8.60. The van der Waals surface area contributed by atoms with Crippen molar-refractivity contribution in [2.75, 3.05) is 7.11 Å². The van der Waals surface area contributed by atoms with Gasteiger partial charge >= 0.3 is 5.97 Å². The quantitative estimate of drug-likeness (QED) is 0.812. The zero-order valence-corrected chi connectivity index (χ0v) is 11.0. The Morgan fingerprint density at radius 2 is 1.89 bits per heavy atom. The minimum atomic E-state index is -0.604. The van der Waals surface area contributed by atoms with Crippen LogP contribution in [0.25, 0.3) is 0 Å². The van der Waals surface area contributed by atoms with E-state index in [0.29, 0.717) is 5.56 Å². The van der Waals surface area contributed by atoms with Crippen LogP contribution in [0.15, 0.2) is 30.3 Å². The number of esters is 1. The molecule has 1 rings (SSSR count). The summed E-state index contributed by atoms with van der Waals surface area (Å²) in [4.78, 5) is 23.6. The summed E-state index contributed by atoms with van der Waals surface area (Å²) in [6.07, 6.45) is 0.787. The highest BCUT2D eigenvalue weighted by Crippen LogP contribution is 2.10. The van der Waals surface area contributed by atoms with Crippen LogP contribution in [-0.4, -0.2) is 25.0 Å². The molecule has 18 heavy (non-hydrogen) atoms. The maximum absolute atomic E-state index is 12.0. The number of carbonyl (C=O) groups excluding carboxylic acids is 2. The van der Waals surface area contributed by atoms with Gasteiger partial charge in [0.2, 0.25) is 0 Å². The van der Waals surface area contributed by atoms with E-state index >= 15 is 0 Å². The Bertz CT molecular complexity index is 403. The van der Waals surface area contributed by atoms with Crippen LogP contribution in [0.4, 0.5) is 0 Å². The van der Waals surface area contributed by atoms with Crippen molar-refractivity contribution in [3.05, 3.63) is 35.9 Å². The van der Waals surface area contributed by atoms with Gasteiger partial charge in [-0.05, 0) is 18.1 Å². The van der Waals surface area contributed by atoms with Crippen molar-refractivity contribution in [3.8, 4) is 0 Å². The van der Waals surface area contributed by atoms with Crippen LogP contribution in [0.2, 0.25) is 0 Å². The van der Waals surface area contributed by atoms with Crippen LogP contribution >= 0.6 is 0 Å². The SMILES string of the molecule is CC[C@H](C)[C@@H](NC(=O)c1ccccc1)C(=O)OC. The number of ether oxygens (including phenoxy) is 1. The second-order valence-electron chi connectivity index (χ2n) is 4.23. The lowest BCUT2D eigenvalue weighted by atomic mass is 9.99. The number of carbonyl (C=O) groups is 2. The Kier molecular flexibility index (Phi) is 5.36. The average Bonchev–Trinajstić information content (AvgIpc) is 2.43. The van der Waals surface area contributed by atoms with Crippen LogP contribution in [-0.2, 0) is 9.53 Å². The first-order valence-electron chi connectivity index (χ1n) is 6.03. The molecule has 0 radical (unpaired) electrons. The largest absolute Gasteiger partial charge is 0.467 e. The molecule has 1 aromatic rings. The Morgan fingerprint density at radius 1 is 1.28 bits per heavy atom.